The molecule has 0 atom stereocenters. The van der Waals surface area contributed by atoms with Crippen molar-refractivity contribution in [3.63, 3.8) is 0 Å². The first-order valence-electron chi connectivity index (χ1n) is 3.18. The standard InChI is InChI=1S/C4H10O.C3H5NO/c1-3-5-4-2;1-2-3(4)5/h3-4H2,1-2H3;2H,1H2,(H2,4,5). The second kappa shape index (κ2) is 11.0. The van der Waals surface area contributed by atoms with Crippen molar-refractivity contribution in [3.8, 4) is 0 Å². The summed E-state index contributed by atoms with van der Waals surface area (Å²) in [4.78, 5) is 9.47. The zero-order valence-electron chi connectivity index (χ0n) is 6.59. The number of hydrogen-bond acceptors (Lipinski definition) is 2. The van der Waals surface area contributed by atoms with Gasteiger partial charge in [-0.1, -0.05) is 6.58 Å². The third-order valence-corrected chi connectivity index (χ3v) is 0.609. The van der Waals surface area contributed by atoms with Crippen LogP contribution in [0.5, 0.6) is 0 Å². The summed E-state index contributed by atoms with van der Waals surface area (Å²) in [6, 6.07) is 0. The van der Waals surface area contributed by atoms with Crippen molar-refractivity contribution in [1.82, 2.24) is 0 Å². The lowest BCUT2D eigenvalue weighted by molar-refractivity contribution is -0.113. The lowest BCUT2D eigenvalue weighted by atomic mass is 10.6. The van der Waals surface area contributed by atoms with E-state index in [2.05, 4.69) is 12.3 Å². The predicted octanol–water partition coefficient (Wildman–Crippen LogP) is 0.701. The van der Waals surface area contributed by atoms with Crippen LogP contribution in [0.3, 0.4) is 0 Å². The van der Waals surface area contributed by atoms with E-state index < -0.39 is 5.91 Å². The van der Waals surface area contributed by atoms with Gasteiger partial charge in [-0.25, -0.2) is 0 Å². The molecule has 0 aliphatic heterocycles. The predicted molar refractivity (Wildman–Crippen MR) is 41.6 cm³/mol. The molecule has 0 aliphatic carbocycles. The van der Waals surface area contributed by atoms with Crippen LogP contribution in [-0.4, -0.2) is 19.1 Å². The van der Waals surface area contributed by atoms with E-state index in [-0.39, 0.29) is 0 Å². The average Bonchev–Trinajstić information content (AvgIpc) is 1.91. The quantitative estimate of drug-likeness (QED) is 0.594. The first-order valence-corrected chi connectivity index (χ1v) is 3.18. The number of hydrogen-bond donors (Lipinski definition) is 1. The Balaban J connectivity index is 0. The van der Waals surface area contributed by atoms with Gasteiger partial charge in [-0.3, -0.25) is 4.79 Å². The highest BCUT2D eigenvalue weighted by molar-refractivity contribution is 5.84. The molecule has 60 valence electrons. The van der Waals surface area contributed by atoms with Crippen molar-refractivity contribution in [2.24, 2.45) is 5.73 Å². The van der Waals surface area contributed by atoms with E-state index in [4.69, 9.17) is 4.74 Å². The molecule has 0 fully saturated rings. The zero-order valence-corrected chi connectivity index (χ0v) is 6.59. The summed E-state index contributed by atoms with van der Waals surface area (Å²) < 4.78 is 4.83. The van der Waals surface area contributed by atoms with Gasteiger partial charge >= 0.3 is 0 Å². The molecular weight excluding hydrogens is 130 g/mol. The van der Waals surface area contributed by atoms with Gasteiger partial charge in [0.2, 0.25) is 5.91 Å². The molecule has 0 aromatic heterocycles. The second-order valence-electron chi connectivity index (χ2n) is 1.39. The van der Waals surface area contributed by atoms with Gasteiger partial charge in [0.15, 0.2) is 0 Å². The van der Waals surface area contributed by atoms with E-state index in [1.54, 1.807) is 0 Å². The minimum atomic E-state index is -0.481. The highest BCUT2D eigenvalue weighted by Gasteiger charge is 1.69. The number of ether oxygens (including phenoxy) is 1. The Labute approximate surface area is 61.9 Å². The highest BCUT2D eigenvalue weighted by atomic mass is 16.5. The molecule has 0 aromatic rings. The molecular formula is C7H15NO2. The smallest absolute Gasteiger partial charge is 0.240 e. The van der Waals surface area contributed by atoms with Gasteiger partial charge in [0.05, 0.1) is 0 Å². The van der Waals surface area contributed by atoms with E-state index >= 15 is 0 Å². The van der Waals surface area contributed by atoms with Crippen LogP contribution in [0, 0.1) is 0 Å². The molecule has 2 N–H and O–H groups in total. The summed E-state index contributed by atoms with van der Waals surface area (Å²) in [7, 11) is 0. The van der Waals surface area contributed by atoms with Crippen LogP contribution in [0.4, 0.5) is 0 Å². The second-order valence-corrected chi connectivity index (χ2v) is 1.39. The Hall–Kier alpha value is -0.830. The van der Waals surface area contributed by atoms with Crippen molar-refractivity contribution in [1.29, 1.82) is 0 Å². The van der Waals surface area contributed by atoms with Gasteiger partial charge in [0.25, 0.3) is 0 Å². The molecule has 0 saturated heterocycles. The maximum atomic E-state index is 9.47. The Morgan fingerprint density at radius 1 is 1.60 bits per heavy atom. The van der Waals surface area contributed by atoms with E-state index in [9.17, 15) is 4.79 Å². The molecule has 0 spiro atoms. The molecule has 0 aromatic carbocycles. The largest absolute Gasteiger partial charge is 0.382 e. The molecule has 0 aliphatic rings. The molecule has 0 heterocycles. The summed E-state index contributed by atoms with van der Waals surface area (Å²) in [5.74, 6) is -0.481. The Bertz CT molecular complexity index is 89.6. The molecule has 0 bridgehead atoms. The fourth-order valence-electron chi connectivity index (χ4n) is 0.204. The van der Waals surface area contributed by atoms with Crippen molar-refractivity contribution < 1.29 is 9.53 Å². The summed E-state index contributed by atoms with van der Waals surface area (Å²) in [5, 5.41) is 0. The Morgan fingerprint density at radius 2 is 1.90 bits per heavy atom. The van der Waals surface area contributed by atoms with Gasteiger partial charge in [-0.15, -0.1) is 0 Å². The van der Waals surface area contributed by atoms with Gasteiger partial charge in [-0.2, -0.15) is 0 Å². The fraction of sp³-hybridized carbons (Fsp3) is 0.571. The molecule has 10 heavy (non-hydrogen) atoms. The molecule has 3 heteroatoms. The third kappa shape index (κ3) is 27.2. The topological polar surface area (TPSA) is 52.3 Å². The molecule has 3 nitrogen and oxygen atoms in total. The Kier molecular flexibility index (Phi) is 13.1. The van der Waals surface area contributed by atoms with E-state index in [0.29, 0.717) is 0 Å². The van der Waals surface area contributed by atoms with Crippen LogP contribution < -0.4 is 5.73 Å². The summed E-state index contributed by atoms with van der Waals surface area (Å²) in [6.07, 6.45) is 1.06. The normalized spacial score (nSPS) is 7.40. The van der Waals surface area contributed by atoms with Crippen molar-refractivity contribution >= 4 is 5.91 Å². The number of primary amides is 1. The van der Waals surface area contributed by atoms with E-state index in [0.717, 1.165) is 19.3 Å². The van der Waals surface area contributed by atoms with E-state index in [1.807, 2.05) is 13.8 Å². The lowest BCUT2D eigenvalue weighted by Gasteiger charge is -1.86. The van der Waals surface area contributed by atoms with Crippen molar-refractivity contribution in [3.05, 3.63) is 12.7 Å². The van der Waals surface area contributed by atoms with Gasteiger partial charge < -0.3 is 10.5 Å². The monoisotopic (exact) mass is 145 g/mol. The molecule has 0 rings (SSSR count). The van der Waals surface area contributed by atoms with Gasteiger partial charge in [0, 0.05) is 13.2 Å². The van der Waals surface area contributed by atoms with Crippen LogP contribution in [0.1, 0.15) is 13.8 Å². The number of rotatable bonds is 3. The summed E-state index contributed by atoms with van der Waals surface area (Å²) in [5.41, 5.74) is 4.53. The SMILES string of the molecule is C=CC(N)=O.CCOCC. The molecule has 0 saturated carbocycles. The minimum absolute atomic E-state index is 0.481. The third-order valence-electron chi connectivity index (χ3n) is 0.609. The molecule has 0 radical (unpaired) electrons. The number of amides is 1. The van der Waals surface area contributed by atoms with Crippen LogP contribution >= 0.6 is 0 Å². The average molecular weight is 145 g/mol. The van der Waals surface area contributed by atoms with Crippen LogP contribution in [-0.2, 0) is 9.53 Å². The molecule has 0 unspecified atom stereocenters. The summed E-state index contributed by atoms with van der Waals surface area (Å²) in [6.45, 7) is 8.75. The van der Waals surface area contributed by atoms with Crippen LogP contribution in [0.25, 0.3) is 0 Å². The van der Waals surface area contributed by atoms with Crippen molar-refractivity contribution in [2.75, 3.05) is 13.2 Å². The maximum absolute atomic E-state index is 9.47. The van der Waals surface area contributed by atoms with Crippen molar-refractivity contribution in [2.45, 2.75) is 13.8 Å². The maximum Gasteiger partial charge on any atom is 0.240 e. The number of carbonyl (C=O) groups is 1. The van der Waals surface area contributed by atoms with Gasteiger partial charge in [-0.05, 0) is 19.9 Å². The summed E-state index contributed by atoms with van der Waals surface area (Å²) >= 11 is 0. The minimum Gasteiger partial charge on any atom is -0.382 e. The number of carbonyl (C=O) groups excluding carboxylic acids is 1. The lowest BCUT2D eigenvalue weighted by Crippen LogP contribution is -2.04. The van der Waals surface area contributed by atoms with Gasteiger partial charge in [0.1, 0.15) is 0 Å². The van der Waals surface area contributed by atoms with Crippen LogP contribution in [0.2, 0.25) is 0 Å². The highest BCUT2D eigenvalue weighted by Crippen LogP contribution is 1.64. The molecule has 1 amide bonds. The van der Waals surface area contributed by atoms with E-state index in [1.165, 1.54) is 0 Å². The fourth-order valence-corrected chi connectivity index (χ4v) is 0.204. The zero-order chi connectivity index (χ0) is 8.41. The Morgan fingerprint density at radius 3 is 1.90 bits per heavy atom. The first-order chi connectivity index (χ1) is 4.68. The van der Waals surface area contributed by atoms with Crippen LogP contribution in [0.15, 0.2) is 12.7 Å². The first kappa shape index (κ1) is 11.9. The number of nitrogens with two attached hydrogens (primary N) is 1.